The van der Waals surface area contributed by atoms with Crippen LogP contribution in [0.2, 0.25) is 0 Å². The van der Waals surface area contributed by atoms with Gasteiger partial charge in [0.15, 0.2) is 0 Å². The molecule has 0 aliphatic heterocycles. The van der Waals surface area contributed by atoms with E-state index in [1.165, 1.54) is 48.5 Å². The van der Waals surface area contributed by atoms with Crippen molar-refractivity contribution in [3.8, 4) is 0 Å². The van der Waals surface area contributed by atoms with Gasteiger partial charge in [0.25, 0.3) is 0 Å². The summed E-state index contributed by atoms with van der Waals surface area (Å²) in [5, 5.41) is 18.4. The molecule has 4 N–H and O–H groups in total. The van der Waals surface area contributed by atoms with Crippen LogP contribution in [0.3, 0.4) is 0 Å². The average Bonchev–Trinajstić information content (AvgIpc) is 2.57. The number of halogens is 2. The largest absolute Gasteiger partial charge is 0.291 e. The normalized spacial score (nSPS) is 12.2. The summed E-state index contributed by atoms with van der Waals surface area (Å²) in [6, 6.07) is 11.3. The molecule has 2 aromatic carbocycles. The zero-order valence-corrected chi connectivity index (χ0v) is 12.1. The summed E-state index contributed by atoms with van der Waals surface area (Å²) < 4.78 is 25.8. The molecule has 0 spiro atoms. The second-order valence-electron chi connectivity index (χ2n) is 4.71. The number of allylic oxidation sites excluding steroid dienone is 2. The molecule has 2 rings (SSSR count). The van der Waals surface area contributed by atoms with Gasteiger partial charge in [-0.2, -0.15) is 0 Å². The van der Waals surface area contributed by atoms with Gasteiger partial charge in [-0.15, -0.1) is 0 Å². The lowest BCUT2D eigenvalue weighted by atomic mass is 10.1. The first kappa shape index (κ1) is 16.7. The highest BCUT2D eigenvalue weighted by atomic mass is 19.1. The van der Waals surface area contributed by atoms with Gasteiger partial charge in [-0.05, 0) is 66.1 Å². The molecular formula is C17H16F2N2O2. The van der Waals surface area contributed by atoms with Crippen LogP contribution in [0.4, 0.5) is 8.78 Å². The van der Waals surface area contributed by atoms with E-state index in [0.29, 0.717) is 28.9 Å². The SMILES string of the molecule is ON/C(=C\C/C=C(/NO)c1ccc(F)cc1)c1ccc(F)cc1. The van der Waals surface area contributed by atoms with E-state index in [-0.39, 0.29) is 11.6 Å². The lowest BCUT2D eigenvalue weighted by Crippen LogP contribution is -2.07. The van der Waals surface area contributed by atoms with Crippen molar-refractivity contribution in [3.05, 3.63) is 83.4 Å². The van der Waals surface area contributed by atoms with E-state index in [2.05, 4.69) is 11.0 Å². The molecule has 6 heteroatoms. The smallest absolute Gasteiger partial charge is 0.123 e. The van der Waals surface area contributed by atoms with Crippen molar-refractivity contribution in [3.63, 3.8) is 0 Å². The Morgan fingerprint density at radius 3 is 1.39 bits per heavy atom. The maximum Gasteiger partial charge on any atom is 0.123 e. The number of hydrogen-bond acceptors (Lipinski definition) is 4. The van der Waals surface area contributed by atoms with Gasteiger partial charge in [-0.1, -0.05) is 12.2 Å². The Labute approximate surface area is 132 Å². The molecule has 0 atom stereocenters. The first-order valence-electron chi connectivity index (χ1n) is 6.86. The summed E-state index contributed by atoms with van der Waals surface area (Å²) in [5.41, 5.74) is 6.14. The molecule has 0 saturated carbocycles. The Hall–Kier alpha value is -2.70. The molecule has 0 radical (unpaired) electrons. The third-order valence-corrected chi connectivity index (χ3v) is 3.20. The molecular weight excluding hydrogens is 302 g/mol. The van der Waals surface area contributed by atoms with Gasteiger partial charge < -0.3 is 0 Å². The Kier molecular flexibility index (Phi) is 5.85. The molecule has 0 aliphatic carbocycles. The quantitative estimate of drug-likeness (QED) is 0.613. The highest BCUT2D eigenvalue weighted by Gasteiger charge is 2.02. The third kappa shape index (κ3) is 4.64. The summed E-state index contributed by atoms with van der Waals surface area (Å²) in [7, 11) is 0. The number of nitrogens with one attached hydrogen (secondary N) is 2. The van der Waals surface area contributed by atoms with Crippen LogP contribution in [0.25, 0.3) is 11.4 Å². The van der Waals surface area contributed by atoms with E-state index in [1.807, 2.05) is 0 Å². The van der Waals surface area contributed by atoms with Crippen molar-refractivity contribution in [2.75, 3.05) is 0 Å². The molecule has 23 heavy (non-hydrogen) atoms. The fourth-order valence-electron chi connectivity index (χ4n) is 2.01. The fraction of sp³-hybridized carbons (Fsp3) is 0.0588. The van der Waals surface area contributed by atoms with Crippen molar-refractivity contribution in [2.45, 2.75) is 6.42 Å². The predicted molar refractivity (Wildman–Crippen MR) is 83.2 cm³/mol. The number of hydrogen-bond donors (Lipinski definition) is 4. The lowest BCUT2D eigenvalue weighted by Gasteiger charge is -2.07. The van der Waals surface area contributed by atoms with Crippen molar-refractivity contribution in [2.24, 2.45) is 0 Å². The van der Waals surface area contributed by atoms with Gasteiger partial charge in [0.2, 0.25) is 0 Å². The average molecular weight is 318 g/mol. The van der Waals surface area contributed by atoms with Crippen LogP contribution in [0.5, 0.6) is 0 Å². The van der Waals surface area contributed by atoms with Gasteiger partial charge in [-0.25, -0.2) is 8.78 Å². The van der Waals surface area contributed by atoms with E-state index in [1.54, 1.807) is 12.2 Å². The van der Waals surface area contributed by atoms with Gasteiger partial charge in [0.1, 0.15) is 11.6 Å². The first-order valence-corrected chi connectivity index (χ1v) is 6.86. The summed E-state index contributed by atoms with van der Waals surface area (Å²) in [6.07, 6.45) is 3.68. The Morgan fingerprint density at radius 2 is 1.09 bits per heavy atom. The van der Waals surface area contributed by atoms with E-state index in [0.717, 1.165) is 0 Å². The number of rotatable bonds is 6. The van der Waals surface area contributed by atoms with Crippen LogP contribution < -0.4 is 11.0 Å². The molecule has 2 aromatic rings. The van der Waals surface area contributed by atoms with E-state index >= 15 is 0 Å². The topological polar surface area (TPSA) is 64.5 Å². The summed E-state index contributed by atoms with van der Waals surface area (Å²) in [4.78, 5) is 0. The predicted octanol–water partition coefficient (Wildman–Crippen LogP) is 3.69. The van der Waals surface area contributed by atoms with Gasteiger partial charge in [-0.3, -0.25) is 21.4 Å². The number of hydroxylamine groups is 2. The first-order chi connectivity index (χ1) is 11.1. The molecule has 0 fully saturated rings. The highest BCUT2D eigenvalue weighted by molar-refractivity contribution is 5.65. The molecule has 0 aromatic heterocycles. The van der Waals surface area contributed by atoms with Crippen LogP contribution in [-0.4, -0.2) is 10.4 Å². The lowest BCUT2D eigenvalue weighted by molar-refractivity contribution is 0.224. The number of benzene rings is 2. The molecule has 0 bridgehead atoms. The summed E-state index contributed by atoms with van der Waals surface area (Å²) in [5.74, 6) is -0.733. The zero-order chi connectivity index (χ0) is 16.7. The minimum absolute atomic E-state index is 0.362. The third-order valence-electron chi connectivity index (χ3n) is 3.20. The van der Waals surface area contributed by atoms with Crippen molar-refractivity contribution < 1.29 is 19.2 Å². The van der Waals surface area contributed by atoms with E-state index in [9.17, 15) is 19.2 Å². The van der Waals surface area contributed by atoms with Crippen molar-refractivity contribution in [1.82, 2.24) is 11.0 Å². The molecule has 4 nitrogen and oxygen atoms in total. The molecule has 0 saturated heterocycles. The molecule has 0 heterocycles. The Morgan fingerprint density at radius 1 is 0.739 bits per heavy atom. The van der Waals surface area contributed by atoms with E-state index < -0.39 is 0 Å². The highest BCUT2D eigenvalue weighted by Crippen LogP contribution is 2.16. The Bertz CT molecular complexity index is 634. The van der Waals surface area contributed by atoms with Crippen LogP contribution in [0.15, 0.2) is 60.7 Å². The maximum absolute atomic E-state index is 12.9. The molecule has 0 unspecified atom stereocenters. The van der Waals surface area contributed by atoms with Gasteiger partial charge in [0, 0.05) is 0 Å². The fourth-order valence-corrected chi connectivity index (χ4v) is 2.01. The molecule has 0 amide bonds. The molecule has 120 valence electrons. The Balaban J connectivity index is 2.15. The minimum atomic E-state index is -0.367. The minimum Gasteiger partial charge on any atom is -0.291 e. The van der Waals surface area contributed by atoms with Crippen LogP contribution in [0, 0.1) is 11.6 Å². The van der Waals surface area contributed by atoms with Crippen molar-refractivity contribution >= 4 is 11.4 Å². The second kappa shape index (κ2) is 8.07. The zero-order valence-electron chi connectivity index (χ0n) is 12.1. The second-order valence-corrected chi connectivity index (χ2v) is 4.71. The maximum atomic E-state index is 12.9. The standard InChI is InChI=1S/C17H16F2N2O2/c18-14-8-4-12(5-9-14)16(20-22)2-1-3-17(21-23)13-6-10-15(19)11-7-13/h2-11,20-23H,1H2/b16-2-,17-3+. The van der Waals surface area contributed by atoms with Crippen LogP contribution in [-0.2, 0) is 0 Å². The summed E-state index contributed by atoms with van der Waals surface area (Å²) in [6.45, 7) is 0. The molecule has 0 aliphatic rings. The summed E-state index contributed by atoms with van der Waals surface area (Å²) >= 11 is 0. The van der Waals surface area contributed by atoms with Crippen LogP contribution >= 0.6 is 0 Å². The van der Waals surface area contributed by atoms with Gasteiger partial charge in [0.05, 0.1) is 11.4 Å². The van der Waals surface area contributed by atoms with Crippen molar-refractivity contribution in [1.29, 1.82) is 0 Å². The van der Waals surface area contributed by atoms with Crippen LogP contribution in [0.1, 0.15) is 17.5 Å². The van der Waals surface area contributed by atoms with Gasteiger partial charge >= 0.3 is 0 Å². The van der Waals surface area contributed by atoms with E-state index in [4.69, 9.17) is 0 Å². The monoisotopic (exact) mass is 318 g/mol.